The molecule has 28 heavy (non-hydrogen) atoms. The normalized spacial score (nSPS) is 14.7. The van der Waals surface area contributed by atoms with Crippen LogP contribution in [0.1, 0.15) is 37.6 Å². The molecule has 0 unspecified atom stereocenters. The summed E-state index contributed by atoms with van der Waals surface area (Å²) < 4.78 is 0. The van der Waals surface area contributed by atoms with Crippen molar-refractivity contribution in [1.29, 1.82) is 0 Å². The molecule has 5 heteroatoms. The summed E-state index contributed by atoms with van der Waals surface area (Å²) in [6, 6.07) is 17.1. The summed E-state index contributed by atoms with van der Waals surface area (Å²) in [4.78, 5) is 28.9. The zero-order chi connectivity index (χ0) is 20.1. The Morgan fingerprint density at radius 2 is 1.50 bits per heavy atom. The van der Waals surface area contributed by atoms with Crippen LogP contribution in [-0.2, 0) is 4.79 Å². The molecule has 1 N–H and O–H groups in total. The van der Waals surface area contributed by atoms with Gasteiger partial charge in [-0.3, -0.25) is 9.59 Å². The van der Waals surface area contributed by atoms with E-state index in [1.165, 1.54) is 0 Å². The number of amides is 2. The summed E-state index contributed by atoms with van der Waals surface area (Å²) in [5, 5.41) is 2.92. The van der Waals surface area contributed by atoms with Crippen molar-refractivity contribution in [2.24, 2.45) is 5.41 Å². The minimum absolute atomic E-state index is 0.0221. The summed E-state index contributed by atoms with van der Waals surface area (Å²) >= 11 is 0. The van der Waals surface area contributed by atoms with Crippen molar-refractivity contribution in [3.63, 3.8) is 0 Å². The predicted octanol–water partition coefficient (Wildman–Crippen LogP) is 4.02. The van der Waals surface area contributed by atoms with Crippen molar-refractivity contribution in [3.8, 4) is 0 Å². The topological polar surface area (TPSA) is 52.7 Å². The fourth-order valence-electron chi connectivity index (χ4n) is 3.33. The molecule has 2 aromatic rings. The van der Waals surface area contributed by atoms with Crippen LogP contribution in [0, 0.1) is 5.41 Å². The quantitative estimate of drug-likeness (QED) is 0.873. The van der Waals surface area contributed by atoms with Crippen molar-refractivity contribution >= 4 is 23.2 Å². The smallest absolute Gasteiger partial charge is 0.255 e. The predicted molar refractivity (Wildman–Crippen MR) is 114 cm³/mol. The molecule has 1 aliphatic rings. The van der Waals surface area contributed by atoms with E-state index in [9.17, 15) is 9.59 Å². The number of hydrogen-bond donors (Lipinski definition) is 1. The first-order valence-electron chi connectivity index (χ1n) is 9.81. The van der Waals surface area contributed by atoms with E-state index in [1.807, 2.05) is 47.4 Å². The maximum absolute atomic E-state index is 12.4. The Morgan fingerprint density at radius 1 is 0.893 bits per heavy atom. The highest BCUT2D eigenvalue weighted by Gasteiger charge is 2.24. The highest BCUT2D eigenvalue weighted by molar-refractivity contribution is 6.04. The summed E-state index contributed by atoms with van der Waals surface area (Å²) in [6.07, 6.45) is 0.586. The van der Waals surface area contributed by atoms with Gasteiger partial charge in [0.25, 0.3) is 5.91 Å². The van der Waals surface area contributed by atoms with Crippen molar-refractivity contribution in [3.05, 3.63) is 60.2 Å². The largest absolute Gasteiger partial charge is 0.368 e. The molecule has 3 rings (SSSR count). The molecule has 0 saturated carbocycles. The average molecular weight is 380 g/mol. The molecule has 1 fully saturated rings. The molecule has 0 aliphatic carbocycles. The van der Waals surface area contributed by atoms with E-state index in [4.69, 9.17) is 0 Å². The first-order chi connectivity index (χ1) is 13.3. The maximum Gasteiger partial charge on any atom is 0.255 e. The van der Waals surface area contributed by atoms with Crippen LogP contribution in [0.3, 0.4) is 0 Å². The first kappa shape index (κ1) is 19.9. The Hall–Kier alpha value is -2.82. The molecule has 5 nitrogen and oxygen atoms in total. The highest BCUT2D eigenvalue weighted by Crippen LogP contribution is 2.23. The molecule has 2 aromatic carbocycles. The van der Waals surface area contributed by atoms with Gasteiger partial charge >= 0.3 is 0 Å². The van der Waals surface area contributed by atoms with Crippen molar-refractivity contribution in [2.45, 2.75) is 27.2 Å². The second kappa shape index (κ2) is 8.46. The number of rotatable bonds is 4. The number of hydrogen-bond acceptors (Lipinski definition) is 3. The Bertz CT molecular complexity index is 802. The molecule has 1 saturated heterocycles. The molecule has 2 amide bonds. The van der Waals surface area contributed by atoms with Crippen LogP contribution in [0.5, 0.6) is 0 Å². The minimum Gasteiger partial charge on any atom is -0.368 e. The van der Waals surface area contributed by atoms with Crippen LogP contribution in [0.15, 0.2) is 54.6 Å². The lowest BCUT2D eigenvalue weighted by Crippen LogP contribution is -2.49. The van der Waals surface area contributed by atoms with Gasteiger partial charge in [-0.15, -0.1) is 0 Å². The molecule has 0 bridgehead atoms. The molecule has 148 valence electrons. The third-order valence-electron chi connectivity index (χ3n) is 4.84. The van der Waals surface area contributed by atoms with Gasteiger partial charge in [0.05, 0.1) is 0 Å². The van der Waals surface area contributed by atoms with Gasteiger partial charge in [-0.25, -0.2) is 0 Å². The number of carbonyl (C=O) groups is 2. The molecule has 0 atom stereocenters. The Kier molecular flexibility index (Phi) is 6.02. The van der Waals surface area contributed by atoms with Gasteiger partial charge in [0.1, 0.15) is 0 Å². The fraction of sp³-hybridized carbons (Fsp3) is 0.391. The zero-order valence-corrected chi connectivity index (χ0v) is 16.9. The van der Waals surface area contributed by atoms with Crippen molar-refractivity contribution in [1.82, 2.24) is 4.90 Å². The zero-order valence-electron chi connectivity index (χ0n) is 16.9. The molecule has 1 heterocycles. The average Bonchev–Trinajstić information content (AvgIpc) is 2.68. The van der Waals surface area contributed by atoms with Gasteiger partial charge in [-0.2, -0.15) is 0 Å². The van der Waals surface area contributed by atoms with Gasteiger partial charge < -0.3 is 15.1 Å². The Morgan fingerprint density at radius 3 is 2.07 bits per heavy atom. The van der Waals surface area contributed by atoms with Gasteiger partial charge in [0.15, 0.2) is 0 Å². The number of anilines is 2. The number of nitrogens with one attached hydrogen (secondary N) is 1. The SMILES string of the molecule is CC(C)(C)CC(=O)N1CCN(c2ccc(NC(=O)c3ccccc3)cc2)CC1. The van der Waals surface area contributed by atoms with Crippen LogP contribution in [0.2, 0.25) is 0 Å². The van der Waals surface area contributed by atoms with Crippen LogP contribution in [0.25, 0.3) is 0 Å². The fourth-order valence-corrected chi connectivity index (χ4v) is 3.33. The Labute approximate surface area is 167 Å². The van der Waals surface area contributed by atoms with Gasteiger partial charge in [-0.1, -0.05) is 39.0 Å². The van der Waals surface area contributed by atoms with Gasteiger partial charge in [-0.05, 0) is 41.8 Å². The summed E-state index contributed by atoms with van der Waals surface area (Å²) in [5.41, 5.74) is 2.55. The minimum atomic E-state index is -0.112. The van der Waals surface area contributed by atoms with Crippen LogP contribution in [-0.4, -0.2) is 42.9 Å². The summed E-state index contributed by atoms with van der Waals surface area (Å²) in [6.45, 7) is 9.44. The monoisotopic (exact) mass is 379 g/mol. The van der Waals surface area contributed by atoms with Crippen LogP contribution in [0.4, 0.5) is 11.4 Å². The number of nitrogens with zero attached hydrogens (tertiary/aromatic N) is 2. The third kappa shape index (κ3) is 5.35. The summed E-state index contributed by atoms with van der Waals surface area (Å²) in [5.74, 6) is 0.130. The lowest BCUT2D eigenvalue weighted by molar-refractivity contribution is -0.133. The van der Waals surface area contributed by atoms with Gasteiger partial charge in [0.2, 0.25) is 5.91 Å². The van der Waals surface area contributed by atoms with E-state index in [0.717, 1.165) is 37.6 Å². The second-order valence-electron chi connectivity index (χ2n) is 8.47. The summed E-state index contributed by atoms with van der Waals surface area (Å²) in [7, 11) is 0. The van der Waals surface area contributed by atoms with Crippen molar-refractivity contribution in [2.75, 3.05) is 36.4 Å². The van der Waals surface area contributed by atoms with Crippen LogP contribution >= 0.6 is 0 Å². The number of benzene rings is 2. The Balaban J connectivity index is 1.53. The standard InChI is InChI=1S/C23H29N3O2/c1-23(2,3)17-21(27)26-15-13-25(14-16-26)20-11-9-19(10-12-20)24-22(28)18-7-5-4-6-8-18/h4-12H,13-17H2,1-3H3,(H,24,28). The van der Waals surface area contributed by atoms with Crippen molar-refractivity contribution < 1.29 is 9.59 Å². The first-order valence-corrected chi connectivity index (χ1v) is 9.81. The van der Waals surface area contributed by atoms with E-state index in [-0.39, 0.29) is 17.2 Å². The number of piperazine rings is 1. The number of carbonyl (C=O) groups excluding carboxylic acids is 2. The van der Waals surface area contributed by atoms with E-state index in [0.29, 0.717) is 12.0 Å². The highest BCUT2D eigenvalue weighted by atomic mass is 16.2. The molecule has 0 radical (unpaired) electrons. The lowest BCUT2D eigenvalue weighted by atomic mass is 9.91. The molecule has 0 spiro atoms. The molecule has 0 aromatic heterocycles. The second-order valence-corrected chi connectivity index (χ2v) is 8.47. The van der Waals surface area contributed by atoms with E-state index < -0.39 is 0 Å². The van der Waals surface area contributed by atoms with E-state index in [1.54, 1.807) is 12.1 Å². The van der Waals surface area contributed by atoms with E-state index >= 15 is 0 Å². The molecule has 1 aliphatic heterocycles. The molecular weight excluding hydrogens is 350 g/mol. The van der Waals surface area contributed by atoms with Gasteiger partial charge in [0, 0.05) is 49.5 Å². The van der Waals surface area contributed by atoms with Crippen LogP contribution < -0.4 is 10.2 Å². The lowest BCUT2D eigenvalue weighted by Gasteiger charge is -2.37. The molecular formula is C23H29N3O2. The third-order valence-corrected chi connectivity index (χ3v) is 4.84. The maximum atomic E-state index is 12.4. The van der Waals surface area contributed by atoms with E-state index in [2.05, 4.69) is 31.0 Å².